The van der Waals surface area contributed by atoms with Crippen LogP contribution in [0.15, 0.2) is 12.1 Å². The highest BCUT2D eigenvalue weighted by Gasteiger charge is 2.18. The molecule has 0 saturated carbocycles. The van der Waals surface area contributed by atoms with E-state index in [1.165, 1.54) is 14.0 Å². The zero-order valence-corrected chi connectivity index (χ0v) is 10.3. The van der Waals surface area contributed by atoms with Crippen molar-refractivity contribution >= 4 is 17.6 Å². The third-order valence-corrected chi connectivity index (χ3v) is 2.40. The van der Waals surface area contributed by atoms with E-state index in [2.05, 4.69) is 0 Å². The summed E-state index contributed by atoms with van der Waals surface area (Å²) in [7, 11) is 1.45. The summed E-state index contributed by atoms with van der Waals surface area (Å²) in [6.07, 6.45) is -0.990. The molecular weight excluding hydrogens is 246 g/mol. The summed E-state index contributed by atoms with van der Waals surface area (Å²) in [6.45, 7) is 1.61. The maximum absolute atomic E-state index is 10.7. The van der Waals surface area contributed by atoms with Gasteiger partial charge in [-0.05, 0) is 13.0 Å². The summed E-state index contributed by atoms with van der Waals surface area (Å²) in [5.41, 5.74) is 6.15. The average Bonchev–Trinajstić information content (AvgIpc) is 2.30. The molecule has 5 nitrogen and oxygen atoms in total. The first kappa shape index (κ1) is 13.6. The topological polar surface area (TPSA) is 81.8 Å². The molecule has 1 rings (SSSR count). The minimum absolute atomic E-state index is 0.179. The molecule has 0 heterocycles. The highest BCUT2D eigenvalue weighted by Crippen LogP contribution is 2.35. The average molecular weight is 260 g/mol. The third kappa shape index (κ3) is 3.25. The predicted molar refractivity (Wildman–Crippen MR) is 63.6 cm³/mol. The molecule has 94 valence electrons. The number of rotatable bonds is 5. The molecule has 0 fully saturated rings. The summed E-state index contributed by atoms with van der Waals surface area (Å²) in [5, 5.41) is 9.26. The summed E-state index contributed by atoms with van der Waals surface area (Å²) in [4.78, 5) is 10.7. The Morgan fingerprint density at radius 2 is 2.24 bits per heavy atom. The van der Waals surface area contributed by atoms with Crippen LogP contribution in [0.4, 0.5) is 0 Å². The van der Waals surface area contributed by atoms with Crippen molar-refractivity contribution in [2.24, 2.45) is 5.73 Å². The van der Waals surface area contributed by atoms with E-state index >= 15 is 0 Å². The Balaban J connectivity index is 3.15. The van der Waals surface area contributed by atoms with Crippen molar-refractivity contribution in [2.45, 2.75) is 19.6 Å². The standard InChI is InChI=1S/C11H14ClNO4/c1-6(11(14)15)17-10-7(5-13)3-8(12)4-9(10)16-2/h3-4,6H,5,13H2,1-2H3,(H,14,15). The molecule has 0 saturated heterocycles. The zero-order chi connectivity index (χ0) is 13.0. The molecule has 0 aliphatic carbocycles. The summed E-state index contributed by atoms with van der Waals surface area (Å²) in [6, 6.07) is 3.17. The number of carbonyl (C=O) groups is 1. The van der Waals surface area contributed by atoms with Crippen LogP contribution in [-0.4, -0.2) is 24.3 Å². The minimum Gasteiger partial charge on any atom is -0.493 e. The molecule has 1 atom stereocenters. The number of nitrogens with two attached hydrogens (primary N) is 1. The van der Waals surface area contributed by atoms with E-state index in [4.69, 9.17) is 31.9 Å². The van der Waals surface area contributed by atoms with Gasteiger partial charge in [0, 0.05) is 23.2 Å². The van der Waals surface area contributed by atoms with E-state index < -0.39 is 12.1 Å². The third-order valence-electron chi connectivity index (χ3n) is 2.18. The normalized spacial score (nSPS) is 12.0. The van der Waals surface area contributed by atoms with Crippen LogP contribution in [0, 0.1) is 0 Å². The van der Waals surface area contributed by atoms with Gasteiger partial charge < -0.3 is 20.3 Å². The molecule has 17 heavy (non-hydrogen) atoms. The number of carboxylic acids is 1. The molecule has 0 bridgehead atoms. The van der Waals surface area contributed by atoms with Gasteiger partial charge in [-0.3, -0.25) is 0 Å². The monoisotopic (exact) mass is 259 g/mol. The Morgan fingerprint density at radius 3 is 2.71 bits per heavy atom. The number of aliphatic carboxylic acids is 1. The van der Waals surface area contributed by atoms with Gasteiger partial charge in [-0.15, -0.1) is 0 Å². The predicted octanol–water partition coefficient (Wildman–Crippen LogP) is 1.66. The minimum atomic E-state index is -1.06. The Bertz CT molecular complexity index is 397. The molecule has 0 aliphatic rings. The van der Waals surface area contributed by atoms with E-state index in [0.717, 1.165) is 0 Å². The van der Waals surface area contributed by atoms with Crippen LogP contribution < -0.4 is 15.2 Å². The second kappa shape index (κ2) is 5.75. The lowest BCUT2D eigenvalue weighted by atomic mass is 10.2. The quantitative estimate of drug-likeness (QED) is 0.840. The second-order valence-corrected chi connectivity index (χ2v) is 3.84. The fourth-order valence-electron chi connectivity index (χ4n) is 1.29. The second-order valence-electron chi connectivity index (χ2n) is 3.40. The van der Waals surface area contributed by atoms with E-state index in [1.54, 1.807) is 12.1 Å². The van der Waals surface area contributed by atoms with Gasteiger partial charge in [0.15, 0.2) is 17.6 Å². The smallest absolute Gasteiger partial charge is 0.344 e. The largest absolute Gasteiger partial charge is 0.493 e. The number of carboxylic acid groups (broad SMARTS) is 1. The lowest BCUT2D eigenvalue weighted by molar-refractivity contribution is -0.144. The van der Waals surface area contributed by atoms with Crippen LogP contribution in [0.3, 0.4) is 0 Å². The van der Waals surface area contributed by atoms with Crippen LogP contribution in [0.5, 0.6) is 11.5 Å². The summed E-state index contributed by atoms with van der Waals surface area (Å²) >= 11 is 5.87. The Kier molecular flexibility index (Phi) is 4.60. The molecule has 6 heteroatoms. The Morgan fingerprint density at radius 1 is 1.59 bits per heavy atom. The molecule has 3 N–H and O–H groups in total. The van der Waals surface area contributed by atoms with Crippen molar-refractivity contribution in [2.75, 3.05) is 7.11 Å². The molecule has 0 aromatic heterocycles. The van der Waals surface area contributed by atoms with Crippen molar-refractivity contribution in [3.63, 3.8) is 0 Å². The first-order valence-electron chi connectivity index (χ1n) is 4.95. The fraction of sp³-hybridized carbons (Fsp3) is 0.364. The Hall–Kier alpha value is -1.46. The SMILES string of the molecule is COc1cc(Cl)cc(CN)c1OC(C)C(=O)O. The molecular formula is C11H14ClNO4. The van der Waals surface area contributed by atoms with E-state index in [9.17, 15) is 4.79 Å². The lowest BCUT2D eigenvalue weighted by Crippen LogP contribution is -2.24. The fourth-order valence-corrected chi connectivity index (χ4v) is 1.52. The maximum atomic E-state index is 10.7. The molecule has 0 aliphatic heterocycles. The van der Waals surface area contributed by atoms with Crippen molar-refractivity contribution in [3.8, 4) is 11.5 Å². The summed E-state index contributed by atoms with van der Waals surface area (Å²) in [5.74, 6) is -0.384. The summed E-state index contributed by atoms with van der Waals surface area (Å²) < 4.78 is 10.4. The van der Waals surface area contributed by atoms with Gasteiger partial charge in [-0.1, -0.05) is 11.6 Å². The highest BCUT2D eigenvalue weighted by molar-refractivity contribution is 6.30. The molecule has 0 radical (unpaired) electrons. The number of halogens is 1. The van der Waals surface area contributed by atoms with Gasteiger partial charge in [0.25, 0.3) is 0 Å². The first-order chi connectivity index (χ1) is 7.99. The van der Waals surface area contributed by atoms with Crippen molar-refractivity contribution in [3.05, 3.63) is 22.7 Å². The van der Waals surface area contributed by atoms with Crippen LogP contribution in [0.25, 0.3) is 0 Å². The van der Waals surface area contributed by atoms with Gasteiger partial charge in [0.2, 0.25) is 0 Å². The van der Waals surface area contributed by atoms with Gasteiger partial charge in [-0.25, -0.2) is 4.79 Å². The molecule has 0 spiro atoms. The van der Waals surface area contributed by atoms with Crippen LogP contribution in [0.1, 0.15) is 12.5 Å². The van der Waals surface area contributed by atoms with Crippen molar-refractivity contribution < 1.29 is 19.4 Å². The first-order valence-corrected chi connectivity index (χ1v) is 5.33. The van der Waals surface area contributed by atoms with Gasteiger partial charge >= 0.3 is 5.97 Å². The molecule has 1 aromatic carbocycles. The zero-order valence-electron chi connectivity index (χ0n) is 9.57. The number of ether oxygens (including phenoxy) is 2. The van der Waals surface area contributed by atoms with E-state index in [-0.39, 0.29) is 6.54 Å². The van der Waals surface area contributed by atoms with Crippen LogP contribution in [0.2, 0.25) is 5.02 Å². The van der Waals surface area contributed by atoms with E-state index in [1.807, 2.05) is 0 Å². The highest BCUT2D eigenvalue weighted by atomic mass is 35.5. The number of benzene rings is 1. The van der Waals surface area contributed by atoms with Gasteiger partial charge in [-0.2, -0.15) is 0 Å². The van der Waals surface area contributed by atoms with Crippen LogP contribution >= 0.6 is 11.6 Å². The van der Waals surface area contributed by atoms with Crippen LogP contribution in [-0.2, 0) is 11.3 Å². The number of hydrogen-bond acceptors (Lipinski definition) is 4. The van der Waals surface area contributed by atoms with Crippen molar-refractivity contribution in [1.29, 1.82) is 0 Å². The number of methoxy groups -OCH3 is 1. The molecule has 0 amide bonds. The number of hydrogen-bond donors (Lipinski definition) is 2. The van der Waals surface area contributed by atoms with Crippen molar-refractivity contribution in [1.82, 2.24) is 0 Å². The molecule has 1 aromatic rings. The van der Waals surface area contributed by atoms with Gasteiger partial charge in [0.1, 0.15) is 0 Å². The van der Waals surface area contributed by atoms with E-state index in [0.29, 0.717) is 22.1 Å². The maximum Gasteiger partial charge on any atom is 0.344 e. The molecule has 1 unspecified atom stereocenters. The Labute approximate surface area is 104 Å². The van der Waals surface area contributed by atoms with Gasteiger partial charge in [0.05, 0.1) is 7.11 Å². The lowest BCUT2D eigenvalue weighted by Gasteiger charge is -2.17.